The van der Waals surface area contributed by atoms with E-state index in [4.69, 9.17) is 5.26 Å². The Kier molecular flexibility index (Phi) is 5.40. The van der Waals surface area contributed by atoms with E-state index in [9.17, 15) is 4.79 Å². The van der Waals surface area contributed by atoms with E-state index in [0.29, 0.717) is 25.1 Å². The average Bonchev–Trinajstić information content (AvgIpc) is 2.39. The van der Waals surface area contributed by atoms with Gasteiger partial charge in [-0.3, -0.25) is 4.79 Å². The van der Waals surface area contributed by atoms with Crippen molar-refractivity contribution in [2.24, 2.45) is 0 Å². The molecule has 0 aliphatic rings. The fraction of sp³-hybridized carbons (Fsp3) is 0.200. The Morgan fingerprint density at radius 3 is 2.22 bits per heavy atom. The van der Waals surface area contributed by atoms with E-state index in [2.05, 4.69) is 13.2 Å². The zero-order valence-corrected chi connectivity index (χ0v) is 10.3. The van der Waals surface area contributed by atoms with Crippen LogP contribution in [-0.4, -0.2) is 23.9 Å². The Morgan fingerprint density at radius 1 is 1.22 bits per heavy atom. The summed E-state index contributed by atoms with van der Waals surface area (Å²) in [5.74, 6) is 0.0273. The molecule has 1 aromatic carbocycles. The second kappa shape index (κ2) is 7.08. The first kappa shape index (κ1) is 13.7. The zero-order chi connectivity index (χ0) is 13.4. The number of rotatable bonds is 6. The molecule has 1 rings (SSSR count). The summed E-state index contributed by atoms with van der Waals surface area (Å²) in [6.07, 6.45) is 3.72. The summed E-state index contributed by atoms with van der Waals surface area (Å²) < 4.78 is 0. The molecule has 0 aliphatic heterocycles. The largest absolute Gasteiger partial charge is 0.335 e. The van der Waals surface area contributed by atoms with E-state index in [-0.39, 0.29) is 5.91 Å². The van der Waals surface area contributed by atoms with E-state index >= 15 is 0 Å². The highest BCUT2D eigenvalue weighted by atomic mass is 16.2. The molecule has 0 N–H and O–H groups in total. The minimum Gasteiger partial charge on any atom is -0.335 e. The molecule has 0 aromatic heterocycles. The van der Waals surface area contributed by atoms with Gasteiger partial charge in [-0.15, -0.1) is 13.2 Å². The third-order valence-corrected chi connectivity index (χ3v) is 2.49. The Hall–Kier alpha value is -2.34. The topological polar surface area (TPSA) is 44.1 Å². The van der Waals surface area contributed by atoms with Gasteiger partial charge in [-0.05, 0) is 17.7 Å². The Balaban J connectivity index is 2.69. The smallest absolute Gasteiger partial charge is 0.227 e. The number of hydrogen-bond donors (Lipinski definition) is 0. The van der Waals surface area contributed by atoms with Crippen LogP contribution in [0.3, 0.4) is 0 Å². The van der Waals surface area contributed by atoms with Gasteiger partial charge in [0.1, 0.15) is 0 Å². The van der Waals surface area contributed by atoms with Gasteiger partial charge in [0.05, 0.1) is 18.1 Å². The lowest BCUT2D eigenvalue weighted by Crippen LogP contribution is -2.32. The Bertz CT molecular complexity index is 458. The van der Waals surface area contributed by atoms with Crippen molar-refractivity contribution in [1.29, 1.82) is 5.26 Å². The molecule has 3 heteroatoms. The van der Waals surface area contributed by atoms with Gasteiger partial charge in [-0.1, -0.05) is 24.3 Å². The molecule has 0 spiro atoms. The van der Waals surface area contributed by atoms with Crippen LogP contribution in [-0.2, 0) is 11.2 Å². The molecule has 18 heavy (non-hydrogen) atoms. The summed E-state index contributed by atoms with van der Waals surface area (Å²) in [5.41, 5.74) is 1.50. The van der Waals surface area contributed by atoms with Gasteiger partial charge < -0.3 is 4.90 Å². The van der Waals surface area contributed by atoms with Crippen molar-refractivity contribution in [3.05, 3.63) is 60.7 Å². The second-order valence-electron chi connectivity index (χ2n) is 3.86. The minimum atomic E-state index is 0.0273. The van der Waals surface area contributed by atoms with Crippen molar-refractivity contribution in [2.45, 2.75) is 6.42 Å². The molecular formula is C15H16N2O. The van der Waals surface area contributed by atoms with Crippen molar-refractivity contribution in [3.63, 3.8) is 0 Å². The molecular weight excluding hydrogens is 224 g/mol. The lowest BCUT2D eigenvalue weighted by molar-refractivity contribution is -0.129. The maximum absolute atomic E-state index is 12.0. The zero-order valence-electron chi connectivity index (χ0n) is 10.3. The predicted molar refractivity (Wildman–Crippen MR) is 71.8 cm³/mol. The van der Waals surface area contributed by atoms with Gasteiger partial charge in [-0.25, -0.2) is 0 Å². The molecule has 1 aromatic rings. The van der Waals surface area contributed by atoms with Crippen LogP contribution in [0.2, 0.25) is 0 Å². The van der Waals surface area contributed by atoms with Gasteiger partial charge in [0.25, 0.3) is 0 Å². The third-order valence-electron chi connectivity index (χ3n) is 2.49. The van der Waals surface area contributed by atoms with E-state index < -0.39 is 0 Å². The van der Waals surface area contributed by atoms with Crippen molar-refractivity contribution >= 4 is 5.91 Å². The highest BCUT2D eigenvalue weighted by Gasteiger charge is 2.11. The van der Waals surface area contributed by atoms with E-state index in [1.807, 2.05) is 6.07 Å². The van der Waals surface area contributed by atoms with Crippen LogP contribution >= 0.6 is 0 Å². The lowest BCUT2D eigenvalue weighted by Gasteiger charge is -2.19. The van der Waals surface area contributed by atoms with Crippen LogP contribution in [0.4, 0.5) is 0 Å². The van der Waals surface area contributed by atoms with Crippen LogP contribution < -0.4 is 0 Å². The minimum absolute atomic E-state index is 0.0273. The maximum atomic E-state index is 12.0. The molecule has 0 atom stereocenters. The van der Waals surface area contributed by atoms with E-state index in [1.165, 1.54) is 0 Å². The molecule has 0 aliphatic carbocycles. The number of hydrogen-bond acceptors (Lipinski definition) is 2. The highest BCUT2D eigenvalue weighted by molar-refractivity contribution is 5.79. The number of carbonyl (C=O) groups excluding carboxylic acids is 1. The molecule has 0 heterocycles. The molecule has 0 saturated heterocycles. The number of nitriles is 1. The van der Waals surface area contributed by atoms with E-state index in [0.717, 1.165) is 5.56 Å². The first-order valence-electron chi connectivity index (χ1n) is 5.70. The molecule has 0 radical (unpaired) electrons. The van der Waals surface area contributed by atoms with Crippen LogP contribution in [0.15, 0.2) is 49.6 Å². The number of benzene rings is 1. The summed E-state index contributed by atoms with van der Waals surface area (Å²) in [4.78, 5) is 13.7. The summed E-state index contributed by atoms with van der Waals surface area (Å²) >= 11 is 0. The summed E-state index contributed by atoms with van der Waals surface area (Å²) in [6.45, 7) is 8.29. The summed E-state index contributed by atoms with van der Waals surface area (Å²) in [6, 6.07) is 9.09. The molecule has 0 fully saturated rings. The van der Waals surface area contributed by atoms with Gasteiger partial charge in [0.15, 0.2) is 0 Å². The van der Waals surface area contributed by atoms with E-state index in [1.54, 1.807) is 41.3 Å². The Labute approximate surface area is 108 Å². The first-order chi connectivity index (χ1) is 8.71. The summed E-state index contributed by atoms with van der Waals surface area (Å²) in [7, 11) is 0. The van der Waals surface area contributed by atoms with Crippen LogP contribution in [0.25, 0.3) is 0 Å². The fourth-order valence-electron chi connectivity index (χ4n) is 1.57. The van der Waals surface area contributed by atoms with Crippen LogP contribution in [0, 0.1) is 11.3 Å². The van der Waals surface area contributed by atoms with Gasteiger partial charge in [-0.2, -0.15) is 5.26 Å². The molecule has 92 valence electrons. The van der Waals surface area contributed by atoms with Gasteiger partial charge >= 0.3 is 0 Å². The maximum Gasteiger partial charge on any atom is 0.227 e. The third kappa shape index (κ3) is 3.91. The van der Waals surface area contributed by atoms with Gasteiger partial charge in [0.2, 0.25) is 5.91 Å². The van der Waals surface area contributed by atoms with Crippen LogP contribution in [0.5, 0.6) is 0 Å². The van der Waals surface area contributed by atoms with Crippen LogP contribution in [0.1, 0.15) is 11.1 Å². The van der Waals surface area contributed by atoms with Gasteiger partial charge in [0, 0.05) is 13.1 Å². The van der Waals surface area contributed by atoms with Crippen molar-refractivity contribution in [1.82, 2.24) is 4.90 Å². The average molecular weight is 240 g/mol. The van der Waals surface area contributed by atoms with Crippen molar-refractivity contribution in [2.75, 3.05) is 13.1 Å². The monoisotopic (exact) mass is 240 g/mol. The quantitative estimate of drug-likeness (QED) is 0.716. The Morgan fingerprint density at radius 2 is 1.78 bits per heavy atom. The number of carbonyl (C=O) groups is 1. The van der Waals surface area contributed by atoms with Crippen molar-refractivity contribution in [3.8, 4) is 6.07 Å². The predicted octanol–water partition coefficient (Wildman–Crippen LogP) is 2.30. The molecule has 0 unspecified atom stereocenters. The second-order valence-corrected chi connectivity index (χ2v) is 3.86. The number of amides is 1. The SMILES string of the molecule is C=CCN(CC=C)C(=O)Cc1ccc(C#N)cc1. The van der Waals surface area contributed by atoms with Crippen molar-refractivity contribution < 1.29 is 4.79 Å². The molecule has 3 nitrogen and oxygen atoms in total. The molecule has 0 bridgehead atoms. The first-order valence-corrected chi connectivity index (χ1v) is 5.70. The number of nitrogens with zero attached hydrogens (tertiary/aromatic N) is 2. The summed E-state index contributed by atoms with van der Waals surface area (Å²) in [5, 5.41) is 8.69. The molecule has 0 saturated carbocycles. The highest BCUT2D eigenvalue weighted by Crippen LogP contribution is 2.06. The fourth-order valence-corrected chi connectivity index (χ4v) is 1.57. The normalized spacial score (nSPS) is 9.28. The standard InChI is InChI=1S/C15H16N2O/c1-3-9-17(10-4-2)15(18)11-13-5-7-14(12-16)8-6-13/h3-8H,1-2,9-11H2. The lowest BCUT2D eigenvalue weighted by atomic mass is 10.1. The molecule has 1 amide bonds.